The summed E-state index contributed by atoms with van der Waals surface area (Å²) in [5.74, 6) is 0.256. The molecule has 0 aliphatic carbocycles. The van der Waals surface area contributed by atoms with Gasteiger partial charge in [0.25, 0.3) is 0 Å². The maximum absolute atomic E-state index is 12.6. The predicted molar refractivity (Wildman–Crippen MR) is 208 cm³/mol. The number of rotatable bonds is 35. The van der Waals surface area contributed by atoms with Crippen molar-refractivity contribution in [2.45, 2.75) is 200 Å². The Morgan fingerprint density at radius 1 is 0.500 bits per heavy atom. The number of hydrogen-bond acceptors (Lipinski definition) is 2. The van der Waals surface area contributed by atoms with Gasteiger partial charge in [0.1, 0.15) is 0 Å². The van der Waals surface area contributed by atoms with E-state index in [4.69, 9.17) is 0 Å². The molecule has 46 heavy (non-hydrogen) atoms. The molecule has 0 aromatic carbocycles. The van der Waals surface area contributed by atoms with E-state index < -0.39 is 0 Å². The molecule has 268 valence electrons. The highest BCUT2D eigenvalue weighted by molar-refractivity contribution is 5.76. The van der Waals surface area contributed by atoms with E-state index >= 15 is 0 Å². The number of nitrogens with zero attached hydrogens (tertiary/aromatic N) is 1. The Morgan fingerprint density at radius 3 is 1.26 bits per heavy atom. The molecule has 0 saturated heterocycles. The molecule has 0 spiro atoms. The monoisotopic (exact) mass is 641 g/mol. The first-order valence-corrected chi connectivity index (χ1v) is 20.1. The molecule has 0 aromatic rings. The SMILES string of the molecule is CCCCC/C=C\C/C=C\CCCCCCCCC(CCCCCCCC/C=C\C/C=C\CCCCC)NC(=O)CCCN(C)C. The number of unbranched alkanes of at least 4 members (excludes halogenated alkanes) is 18. The van der Waals surface area contributed by atoms with Crippen LogP contribution in [0.15, 0.2) is 48.6 Å². The minimum Gasteiger partial charge on any atom is -0.353 e. The van der Waals surface area contributed by atoms with Crippen molar-refractivity contribution in [1.82, 2.24) is 10.2 Å². The fourth-order valence-electron chi connectivity index (χ4n) is 5.90. The van der Waals surface area contributed by atoms with Crippen LogP contribution in [0.5, 0.6) is 0 Å². The first-order chi connectivity index (χ1) is 22.6. The Balaban J connectivity index is 4.01. The van der Waals surface area contributed by atoms with E-state index in [0.717, 1.165) is 38.6 Å². The second kappa shape index (κ2) is 37.8. The quantitative estimate of drug-likeness (QED) is 0.0552. The number of amides is 1. The molecule has 0 fully saturated rings. The van der Waals surface area contributed by atoms with Crippen molar-refractivity contribution in [3.63, 3.8) is 0 Å². The molecule has 0 aliphatic heterocycles. The standard InChI is InChI=1S/C43H80N2O/c1-5-7-9-11-13-15-17-19-21-23-25-27-29-31-33-35-38-42(44-43(46)40-37-41-45(3)4)39-36-34-32-30-28-26-24-22-20-18-16-14-12-10-8-6-2/h13-16,19-22,42H,5-12,17-18,23-41H2,1-4H3,(H,44,46)/b15-13-,16-14-,21-19-,22-20-. The summed E-state index contributed by atoms with van der Waals surface area (Å²) in [6.45, 7) is 5.51. The number of carbonyl (C=O) groups excluding carboxylic acids is 1. The molecule has 0 saturated carbocycles. The average molecular weight is 641 g/mol. The average Bonchev–Trinajstić information content (AvgIpc) is 3.04. The van der Waals surface area contributed by atoms with Crippen molar-refractivity contribution in [2.75, 3.05) is 20.6 Å². The molecular formula is C43H80N2O. The van der Waals surface area contributed by atoms with Crippen molar-refractivity contribution in [2.24, 2.45) is 0 Å². The molecule has 0 radical (unpaired) electrons. The van der Waals surface area contributed by atoms with Crippen molar-refractivity contribution >= 4 is 5.91 Å². The van der Waals surface area contributed by atoms with Crippen LogP contribution in [-0.2, 0) is 4.79 Å². The van der Waals surface area contributed by atoms with Gasteiger partial charge in [0.2, 0.25) is 5.91 Å². The Hall–Kier alpha value is -1.61. The number of nitrogens with one attached hydrogen (secondary N) is 1. The van der Waals surface area contributed by atoms with Crippen molar-refractivity contribution in [3.05, 3.63) is 48.6 Å². The number of carbonyl (C=O) groups is 1. The summed E-state index contributed by atoms with van der Waals surface area (Å²) in [7, 11) is 4.16. The lowest BCUT2D eigenvalue weighted by molar-refractivity contribution is -0.122. The molecule has 0 heterocycles. The van der Waals surface area contributed by atoms with Crippen molar-refractivity contribution in [1.29, 1.82) is 0 Å². The van der Waals surface area contributed by atoms with Gasteiger partial charge < -0.3 is 10.2 Å². The van der Waals surface area contributed by atoms with E-state index in [0.29, 0.717) is 12.5 Å². The molecule has 0 rings (SSSR count). The third-order valence-electron chi connectivity index (χ3n) is 8.88. The van der Waals surface area contributed by atoms with E-state index in [-0.39, 0.29) is 5.91 Å². The molecule has 0 atom stereocenters. The summed E-state index contributed by atoms with van der Waals surface area (Å²) >= 11 is 0. The predicted octanol–water partition coefficient (Wildman–Crippen LogP) is 13.2. The Labute approximate surface area is 289 Å². The van der Waals surface area contributed by atoms with Gasteiger partial charge in [-0.2, -0.15) is 0 Å². The van der Waals surface area contributed by atoms with E-state index in [1.54, 1.807) is 0 Å². The van der Waals surface area contributed by atoms with E-state index in [2.05, 4.69) is 86.8 Å². The van der Waals surface area contributed by atoms with E-state index in [1.165, 1.54) is 141 Å². The maximum Gasteiger partial charge on any atom is 0.220 e. The Bertz CT molecular complexity index is 687. The number of hydrogen-bond donors (Lipinski definition) is 1. The van der Waals surface area contributed by atoms with Crippen molar-refractivity contribution in [3.8, 4) is 0 Å². The van der Waals surface area contributed by atoms with Gasteiger partial charge in [-0.3, -0.25) is 4.79 Å². The van der Waals surface area contributed by atoms with Gasteiger partial charge in [-0.05, 0) is 104 Å². The van der Waals surface area contributed by atoms with Crippen LogP contribution in [-0.4, -0.2) is 37.5 Å². The first-order valence-electron chi connectivity index (χ1n) is 20.1. The fraction of sp³-hybridized carbons (Fsp3) is 0.791. The Morgan fingerprint density at radius 2 is 0.870 bits per heavy atom. The molecule has 0 aromatic heterocycles. The van der Waals surface area contributed by atoms with Gasteiger partial charge in [0.05, 0.1) is 0 Å². The zero-order valence-electron chi connectivity index (χ0n) is 31.6. The van der Waals surface area contributed by atoms with Gasteiger partial charge in [0, 0.05) is 12.5 Å². The minimum absolute atomic E-state index is 0.256. The summed E-state index contributed by atoms with van der Waals surface area (Å²) in [6.07, 6.45) is 53.5. The lowest BCUT2D eigenvalue weighted by Crippen LogP contribution is -2.35. The lowest BCUT2D eigenvalue weighted by atomic mass is 9.99. The van der Waals surface area contributed by atoms with Crippen molar-refractivity contribution < 1.29 is 4.79 Å². The van der Waals surface area contributed by atoms with Gasteiger partial charge in [-0.15, -0.1) is 0 Å². The summed E-state index contributed by atoms with van der Waals surface area (Å²) in [5.41, 5.74) is 0. The molecule has 3 heteroatoms. The zero-order chi connectivity index (χ0) is 33.6. The molecule has 3 nitrogen and oxygen atoms in total. The number of allylic oxidation sites excluding steroid dienone is 8. The van der Waals surface area contributed by atoms with Crippen LogP contribution in [0.25, 0.3) is 0 Å². The summed E-state index contributed by atoms with van der Waals surface area (Å²) in [4.78, 5) is 14.8. The second-order valence-electron chi connectivity index (χ2n) is 13.9. The highest BCUT2D eigenvalue weighted by atomic mass is 16.1. The van der Waals surface area contributed by atoms with Crippen LogP contribution >= 0.6 is 0 Å². The lowest BCUT2D eigenvalue weighted by Gasteiger charge is -2.19. The van der Waals surface area contributed by atoms with Crippen LogP contribution in [0, 0.1) is 0 Å². The zero-order valence-corrected chi connectivity index (χ0v) is 31.6. The van der Waals surface area contributed by atoms with Crippen LogP contribution in [0.4, 0.5) is 0 Å². The topological polar surface area (TPSA) is 32.3 Å². The van der Waals surface area contributed by atoms with Gasteiger partial charge >= 0.3 is 0 Å². The largest absolute Gasteiger partial charge is 0.353 e. The molecule has 1 N–H and O–H groups in total. The summed E-state index contributed by atoms with van der Waals surface area (Å²) < 4.78 is 0. The molecule has 0 bridgehead atoms. The van der Waals surface area contributed by atoms with E-state index in [9.17, 15) is 4.79 Å². The van der Waals surface area contributed by atoms with Gasteiger partial charge in [0.15, 0.2) is 0 Å². The first kappa shape index (κ1) is 44.4. The highest BCUT2D eigenvalue weighted by Crippen LogP contribution is 2.16. The molecule has 1 amide bonds. The van der Waals surface area contributed by atoms with Gasteiger partial charge in [-0.1, -0.05) is 152 Å². The highest BCUT2D eigenvalue weighted by Gasteiger charge is 2.12. The van der Waals surface area contributed by atoms with Gasteiger partial charge in [-0.25, -0.2) is 0 Å². The molecule has 0 aliphatic rings. The van der Waals surface area contributed by atoms with Crippen LogP contribution in [0.1, 0.15) is 194 Å². The summed E-state index contributed by atoms with van der Waals surface area (Å²) in [6, 6.07) is 0.364. The fourth-order valence-corrected chi connectivity index (χ4v) is 5.90. The summed E-state index contributed by atoms with van der Waals surface area (Å²) in [5, 5.41) is 3.41. The van der Waals surface area contributed by atoms with E-state index in [1.807, 2.05) is 0 Å². The van der Waals surface area contributed by atoms with Crippen LogP contribution in [0.3, 0.4) is 0 Å². The minimum atomic E-state index is 0.256. The third-order valence-corrected chi connectivity index (χ3v) is 8.88. The van der Waals surface area contributed by atoms with Crippen LogP contribution in [0.2, 0.25) is 0 Å². The maximum atomic E-state index is 12.6. The van der Waals surface area contributed by atoms with Crippen LogP contribution < -0.4 is 5.32 Å². The Kier molecular flexibility index (Phi) is 36.5. The normalized spacial score (nSPS) is 12.4. The third kappa shape index (κ3) is 36.9. The smallest absolute Gasteiger partial charge is 0.220 e. The molecule has 0 unspecified atom stereocenters. The second-order valence-corrected chi connectivity index (χ2v) is 13.9. The molecular weight excluding hydrogens is 560 g/mol.